The Morgan fingerprint density at radius 2 is 1.90 bits per heavy atom. The smallest absolute Gasteiger partial charge is 0.224 e. The third-order valence-corrected chi connectivity index (χ3v) is 3.47. The third-order valence-electron chi connectivity index (χ3n) is 3.03. The number of rotatable bonds is 4. The summed E-state index contributed by atoms with van der Waals surface area (Å²) in [7, 11) is 0. The molecule has 1 amide bonds. The summed E-state index contributed by atoms with van der Waals surface area (Å²) in [6.07, 6.45) is 0.308. The summed E-state index contributed by atoms with van der Waals surface area (Å²) in [6, 6.07) is 5.22. The van der Waals surface area contributed by atoms with Crippen molar-refractivity contribution < 1.29 is 4.79 Å². The number of hydrogen-bond acceptors (Lipinski definition) is 2. The molecule has 0 unspecified atom stereocenters. The molecule has 0 spiro atoms. The van der Waals surface area contributed by atoms with E-state index in [1.165, 1.54) is 0 Å². The van der Waals surface area contributed by atoms with Crippen LogP contribution in [0.3, 0.4) is 0 Å². The first kappa shape index (κ1) is 14.9. The fourth-order valence-electron chi connectivity index (χ4n) is 1.97. The van der Waals surface area contributed by atoms with Crippen LogP contribution in [0.4, 0.5) is 0 Å². The number of benzene rings is 1. The maximum atomic E-state index is 11.9. The van der Waals surface area contributed by atoms with Crippen molar-refractivity contribution in [3.8, 4) is 0 Å². The largest absolute Gasteiger partial charge is 0.352 e. The normalized spacial score (nSPS) is 10.6. The molecule has 1 aromatic heterocycles. The number of nitrogens with one attached hydrogen (secondary N) is 2. The summed E-state index contributed by atoms with van der Waals surface area (Å²) in [5, 5.41) is 10.9. The van der Waals surface area contributed by atoms with Crippen LogP contribution in [0, 0.1) is 13.8 Å². The predicted molar refractivity (Wildman–Crippen MR) is 80.1 cm³/mol. The number of hydrogen-bond donors (Lipinski definition) is 2. The van der Waals surface area contributed by atoms with Gasteiger partial charge in [0.05, 0.1) is 12.1 Å². The summed E-state index contributed by atoms with van der Waals surface area (Å²) < 4.78 is 0. The standard InChI is InChI=1S/C14H15Cl2N3O/c1-8-13(9(2)19-18-8)6-14(20)17-7-10-3-11(15)5-12(16)4-10/h3-5H,6-7H2,1-2H3,(H,17,20)(H,18,19). The highest BCUT2D eigenvalue weighted by atomic mass is 35.5. The Hall–Kier alpha value is -1.52. The molecule has 1 aromatic carbocycles. The van der Waals surface area contributed by atoms with E-state index < -0.39 is 0 Å². The monoisotopic (exact) mass is 311 g/mol. The lowest BCUT2D eigenvalue weighted by molar-refractivity contribution is -0.120. The molecule has 6 heteroatoms. The second-order valence-corrected chi connectivity index (χ2v) is 5.52. The average Bonchev–Trinajstić information content (AvgIpc) is 2.67. The highest BCUT2D eigenvalue weighted by Gasteiger charge is 2.11. The molecule has 0 atom stereocenters. The second-order valence-electron chi connectivity index (χ2n) is 4.64. The van der Waals surface area contributed by atoms with Gasteiger partial charge in [-0.2, -0.15) is 5.10 Å². The number of carbonyl (C=O) groups is 1. The number of halogens is 2. The lowest BCUT2D eigenvalue weighted by atomic mass is 10.1. The van der Waals surface area contributed by atoms with E-state index in [0.717, 1.165) is 22.5 Å². The Kier molecular flexibility index (Phi) is 4.68. The summed E-state index contributed by atoms with van der Waals surface area (Å²) in [4.78, 5) is 11.9. The summed E-state index contributed by atoms with van der Waals surface area (Å²) in [5.74, 6) is -0.0614. The predicted octanol–water partition coefficient (Wildman–Crippen LogP) is 3.19. The zero-order valence-electron chi connectivity index (χ0n) is 11.3. The Labute approximate surface area is 127 Å². The van der Waals surface area contributed by atoms with Crippen molar-refractivity contribution in [1.29, 1.82) is 0 Å². The first-order valence-corrected chi connectivity index (χ1v) is 6.93. The molecule has 0 aliphatic carbocycles. The van der Waals surface area contributed by atoms with E-state index in [1.54, 1.807) is 18.2 Å². The second kappa shape index (κ2) is 6.29. The van der Waals surface area contributed by atoms with Crippen LogP contribution in [0.2, 0.25) is 10.0 Å². The SMILES string of the molecule is Cc1n[nH]c(C)c1CC(=O)NCc1cc(Cl)cc(Cl)c1. The topological polar surface area (TPSA) is 57.8 Å². The summed E-state index contributed by atoms with van der Waals surface area (Å²) in [6.45, 7) is 4.18. The van der Waals surface area contributed by atoms with E-state index in [2.05, 4.69) is 15.5 Å². The molecule has 2 aromatic rings. The van der Waals surface area contributed by atoms with Crippen molar-refractivity contribution >= 4 is 29.1 Å². The summed E-state index contributed by atoms with van der Waals surface area (Å²) in [5.41, 5.74) is 3.58. The fourth-order valence-corrected chi connectivity index (χ4v) is 2.54. The highest BCUT2D eigenvalue weighted by Crippen LogP contribution is 2.19. The van der Waals surface area contributed by atoms with Crippen molar-refractivity contribution in [1.82, 2.24) is 15.5 Å². The molecule has 1 heterocycles. The van der Waals surface area contributed by atoms with Crippen molar-refractivity contribution in [2.45, 2.75) is 26.8 Å². The number of aryl methyl sites for hydroxylation is 2. The van der Waals surface area contributed by atoms with Crippen LogP contribution in [0.25, 0.3) is 0 Å². The van der Waals surface area contributed by atoms with Crippen LogP contribution in [0.15, 0.2) is 18.2 Å². The Balaban J connectivity index is 1.95. The molecule has 20 heavy (non-hydrogen) atoms. The van der Waals surface area contributed by atoms with Gasteiger partial charge in [0.15, 0.2) is 0 Å². The van der Waals surface area contributed by atoms with Gasteiger partial charge in [0, 0.05) is 27.8 Å². The number of nitrogens with zero attached hydrogens (tertiary/aromatic N) is 1. The molecule has 0 aliphatic heterocycles. The lowest BCUT2D eigenvalue weighted by Gasteiger charge is -2.07. The van der Waals surface area contributed by atoms with E-state index in [1.807, 2.05) is 13.8 Å². The molecular formula is C14H15Cl2N3O. The van der Waals surface area contributed by atoms with Crippen LogP contribution < -0.4 is 5.32 Å². The number of amides is 1. The number of carbonyl (C=O) groups excluding carboxylic acids is 1. The minimum Gasteiger partial charge on any atom is -0.352 e. The zero-order chi connectivity index (χ0) is 14.7. The molecule has 0 saturated carbocycles. The summed E-state index contributed by atoms with van der Waals surface area (Å²) >= 11 is 11.8. The minimum atomic E-state index is -0.0614. The van der Waals surface area contributed by atoms with Crippen LogP contribution >= 0.6 is 23.2 Å². The van der Waals surface area contributed by atoms with Crippen LogP contribution in [-0.4, -0.2) is 16.1 Å². The molecule has 0 fully saturated rings. The lowest BCUT2D eigenvalue weighted by Crippen LogP contribution is -2.25. The van der Waals surface area contributed by atoms with Crippen LogP contribution in [0.1, 0.15) is 22.5 Å². The molecular weight excluding hydrogens is 297 g/mol. The van der Waals surface area contributed by atoms with Gasteiger partial charge in [-0.1, -0.05) is 23.2 Å². The van der Waals surface area contributed by atoms with Crippen molar-refractivity contribution in [3.63, 3.8) is 0 Å². The molecule has 4 nitrogen and oxygen atoms in total. The van der Waals surface area contributed by atoms with Gasteiger partial charge in [-0.05, 0) is 37.6 Å². The van der Waals surface area contributed by atoms with Gasteiger partial charge in [0.1, 0.15) is 0 Å². The van der Waals surface area contributed by atoms with Gasteiger partial charge < -0.3 is 5.32 Å². The van der Waals surface area contributed by atoms with Crippen molar-refractivity contribution in [2.75, 3.05) is 0 Å². The maximum Gasteiger partial charge on any atom is 0.224 e. The molecule has 0 aliphatic rings. The van der Waals surface area contributed by atoms with E-state index in [-0.39, 0.29) is 5.91 Å². The van der Waals surface area contributed by atoms with Crippen molar-refractivity contribution in [2.24, 2.45) is 0 Å². The molecule has 0 saturated heterocycles. The Morgan fingerprint density at radius 3 is 2.45 bits per heavy atom. The zero-order valence-corrected chi connectivity index (χ0v) is 12.8. The van der Waals surface area contributed by atoms with Gasteiger partial charge in [0.25, 0.3) is 0 Å². The maximum absolute atomic E-state index is 11.9. The van der Waals surface area contributed by atoms with Gasteiger partial charge in [-0.15, -0.1) is 0 Å². The van der Waals surface area contributed by atoms with Gasteiger partial charge in [-0.25, -0.2) is 0 Å². The molecule has 2 N–H and O–H groups in total. The van der Waals surface area contributed by atoms with E-state index in [0.29, 0.717) is 23.0 Å². The minimum absolute atomic E-state index is 0.0614. The molecule has 106 valence electrons. The van der Waals surface area contributed by atoms with Crippen LogP contribution in [-0.2, 0) is 17.8 Å². The van der Waals surface area contributed by atoms with E-state index in [4.69, 9.17) is 23.2 Å². The number of H-pyrrole nitrogens is 1. The van der Waals surface area contributed by atoms with Crippen molar-refractivity contribution in [3.05, 3.63) is 50.8 Å². The van der Waals surface area contributed by atoms with Crippen LogP contribution in [0.5, 0.6) is 0 Å². The average molecular weight is 312 g/mol. The fraction of sp³-hybridized carbons (Fsp3) is 0.286. The molecule has 0 bridgehead atoms. The first-order valence-electron chi connectivity index (χ1n) is 6.18. The Bertz CT molecular complexity index is 598. The van der Waals surface area contributed by atoms with E-state index in [9.17, 15) is 4.79 Å². The third kappa shape index (κ3) is 3.74. The number of aromatic nitrogens is 2. The Morgan fingerprint density at radius 1 is 1.25 bits per heavy atom. The van der Waals surface area contributed by atoms with E-state index >= 15 is 0 Å². The highest BCUT2D eigenvalue weighted by molar-refractivity contribution is 6.34. The molecule has 0 radical (unpaired) electrons. The first-order chi connectivity index (χ1) is 9.45. The van der Waals surface area contributed by atoms with Gasteiger partial charge >= 0.3 is 0 Å². The molecule has 2 rings (SSSR count). The number of aromatic amines is 1. The van der Waals surface area contributed by atoms with Gasteiger partial charge in [0.2, 0.25) is 5.91 Å². The van der Waals surface area contributed by atoms with Gasteiger partial charge in [-0.3, -0.25) is 9.89 Å². The quantitative estimate of drug-likeness (QED) is 0.911.